The van der Waals surface area contributed by atoms with E-state index in [1.807, 2.05) is 13.8 Å². The predicted molar refractivity (Wildman–Crippen MR) is 188 cm³/mol. The zero-order valence-electron chi connectivity index (χ0n) is 32.0. The number of esters is 1. The third kappa shape index (κ3) is 8.24. The molecule has 0 amide bonds. The summed E-state index contributed by atoms with van der Waals surface area (Å²) in [5.41, 5.74) is -3.64. The van der Waals surface area contributed by atoms with E-state index >= 15 is 0 Å². The number of aliphatic hydroxyl groups excluding tert-OH is 2. The largest absolute Gasteiger partial charge is 2.00 e. The summed E-state index contributed by atoms with van der Waals surface area (Å²) >= 11 is 0. The van der Waals surface area contributed by atoms with E-state index in [1.54, 1.807) is 6.08 Å². The molecule has 8 heteroatoms. The van der Waals surface area contributed by atoms with Crippen LogP contribution in [-0.2, 0) is 19.1 Å². The standard InChI is InChI=1S/C39H64O7.Mg.2H/c1-4-5-6-7-8-9-10-11-12-13-14-15-16-17-18-19-35(44)46-39-32(21-20-29-26-30(41)22-24-36(29,39)2)31-23-25-38(45,34(43)28-40)37(31,3)27-33(39)42;;;/h26,31-33,40,42,45H,4-25,27-28H2,1-3H3;;;/q;+2;2*-1/t31-,32-,33-,36-,37-,38-,39-;;;/m0.../s1. The fourth-order valence-electron chi connectivity index (χ4n) is 10.3. The fourth-order valence-corrected chi connectivity index (χ4v) is 10.3. The van der Waals surface area contributed by atoms with Crippen molar-refractivity contribution < 1.29 is 37.3 Å². The van der Waals surface area contributed by atoms with E-state index in [-0.39, 0.29) is 62.3 Å². The summed E-state index contributed by atoms with van der Waals surface area (Å²) < 4.78 is 6.57. The number of unbranched alkanes of at least 4 members (excludes halogenated alkanes) is 14. The number of ketones is 2. The summed E-state index contributed by atoms with van der Waals surface area (Å²) in [6.07, 6.45) is 22.7. The molecule has 0 aromatic heterocycles. The van der Waals surface area contributed by atoms with Gasteiger partial charge in [0, 0.05) is 29.6 Å². The van der Waals surface area contributed by atoms with Crippen LogP contribution in [0.3, 0.4) is 0 Å². The number of rotatable bonds is 19. The molecule has 4 aliphatic carbocycles. The van der Waals surface area contributed by atoms with Crippen molar-refractivity contribution in [1.82, 2.24) is 0 Å². The molecule has 3 N–H and O–H groups in total. The average molecular weight is 671 g/mol. The van der Waals surface area contributed by atoms with Gasteiger partial charge in [0.2, 0.25) is 0 Å². The Morgan fingerprint density at radius 1 is 0.851 bits per heavy atom. The van der Waals surface area contributed by atoms with Crippen molar-refractivity contribution in [3.05, 3.63) is 11.6 Å². The van der Waals surface area contributed by atoms with Gasteiger partial charge in [0.05, 0.1) is 6.10 Å². The fraction of sp³-hybridized carbons (Fsp3) is 0.872. The molecular weight excluding hydrogens is 605 g/mol. The first kappa shape index (κ1) is 40.6. The number of aliphatic hydroxyl groups is 3. The average Bonchev–Trinajstić information content (AvgIpc) is 3.29. The summed E-state index contributed by atoms with van der Waals surface area (Å²) in [5, 5.41) is 33.4. The monoisotopic (exact) mass is 670 g/mol. The maximum Gasteiger partial charge on any atom is 2.00 e. The number of ether oxygens (including phenoxy) is 1. The maximum atomic E-state index is 13.6. The van der Waals surface area contributed by atoms with Crippen LogP contribution in [0.25, 0.3) is 0 Å². The van der Waals surface area contributed by atoms with E-state index in [0.29, 0.717) is 38.5 Å². The molecule has 4 rings (SSSR count). The molecule has 0 spiro atoms. The van der Waals surface area contributed by atoms with Gasteiger partial charge < -0.3 is 22.9 Å². The van der Waals surface area contributed by atoms with Crippen molar-refractivity contribution in [3.8, 4) is 0 Å². The third-order valence-corrected chi connectivity index (χ3v) is 13.1. The van der Waals surface area contributed by atoms with Gasteiger partial charge in [-0.15, -0.1) is 0 Å². The molecule has 0 aromatic rings. The van der Waals surface area contributed by atoms with Crippen LogP contribution in [0.1, 0.15) is 171 Å². The predicted octanol–water partition coefficient (Wildman–Crippen LogP) is 7.55. The van der Waals surface area contributed by atoms with Crippen LogP contribution >= 0.6 is 0 Å². The van der Waals surface area contributed by atoms with E-state index in [1.165, 1.54) is 77.0 Å². The summed E-state index contributed by atoms with van der Waals surface area (Å²) in [7, 11) is 0. The number of Topliss-reactive ketones (excluding diaryl/α,β-unsaturated/α-hetero) is 1. The Hall–Kier alpha value is -0.804. The zero-order valence-corrected chi connectivity index (χ0v) is 31.4. The van der Waals surface area contributed by atoms with E-state index in [9.17, 15) is 29.7 Å². The summed E-state index contributed by atoms with van der Waals surface area (Å²) in [5.74, 6) is -1.26. The van der Waals surface area contributed by atoms with Gasteiger partial charge in [0.1, 0.15) is 17.8 Å². The molecule has 3 saturated carbocycles. The van der Waals surface area contributed by atoms with Crippen molar-refractivity contribution in [1.29, 1.82) is 0 Å². The second kappa shape index (κ2) is 17.9. The van der Waals surface area contributed by atoms with E-state index in [4.69, 9.17) is 4.74 Å². The van der Waals surface area contributed by atoms with Crippen LogP contribution in [0.2, 0.25) is 0 Å². The number of carbonyl (C=O) groups is 3. The summed E-state index contributed by atoms with van der Waals surface area (Å²) in [4.78, 5) is 39.0. The Labute approximate surface area is 303 Å². The molecular formula is C39H66MgO7. The Kier molecular flexibility index (Phi) is 15.5. The number of hydrogen-bond acceptors (Lipinski definition) is 7. The molecule has 47 heavy (non-hydrogen) atoms. The topological polar surface area (TPSA) is 121 Å². The maximum absolute atomic E-state index is 13.6. The van der Waals surface area contributed by atoms with Crippen LogP contribution < -0.4 is 0 Å². The Bertz CT molecular complexity index is 1100. The Morgan fingerprint density at radius 2 is 1.40 bits per heavy atom. The summed E-state index contributed by atoms with van der Waals surface area (Å²) in [6.45, 7) is 5.42. The second-order valence-electron chi connectivity index (χ2n) is 15.8. The molecule has 7 nitrogen and oxygen atoms in total. The third-order valence-electron chi connectivity index (χ3n) is 13.1. The molecule has 7 atom stereocenters. The van der Waals surface area contributed by atoms with Crippen LogP contribution in [0.5, 0.6) is 0 Å². The molecule has 3 fully saturated rings. The van der Waals surface area contributed by atoms with Gasteiger partial charge in [-0.2, -0.15) is 0 Å². The SMILES string of the molecule is CCCCCCCCCCCCCCCCCC(=O)O[C@]12[C@@H](O)C[C@@]3(C)[C@@H](CC[C@]3(O)C(=O)CO)[C@@H]1CCC1=CC(=O)CC[C@@]12C.[H-].[H-].[Mg+2]. The molecule has 0 unspecified atom stereocenters. The van der Waals surface area contributed by atoms with Crippen LogP contribution in [-0.4, -0.2) is 79.8 Å². The number of hydrogen-bond donors (Lipinski definition) is 3. The van der Waals surface area contributed by atoms with Gasteiger partial charge in [0.25, 0.3) is 0 Å². The molecule has 0 saturated heterocycles. The van der Waals surface area contributed by atoms with Crippen molar-refractivity contribution in [3.63, 3.8) is 0 Å². The van der Waals surface area contributed by atoms with Gasteiger partial charge in [-0.3, -0.25) is 14.4 Å². The van der Waals surface area contributed by atoms with Crippen LogP contribution in [0.4, 0.5) is 0 Å². The minimum atomic E-state index is -1.73. The number of fused-ring (bicyclic) bond motifs is 5. The van der Waals surface area contributed by atoms with Gasteiger partial charge in [-0.25, -0.2) is 0 Å². The smallest absolute Gasteiger partial charge is 1.00 e. The Morgan fingerprint density at radius 3 is 1.96 bits per heavy atom. The first-order chi connectivity index (χ1) is 22.0. The quantitative estimate of drug-likeness (QED) is 0.0737. The molecule has 0 aromatic carbocycles. The van der Waals surface area contributed by atoms with Gasteiger partial charge in [0.15, 0.2) is 11.6 Å². The molecule has 0 radical (unpaired) electrons. The minimum Gasteiger partial charge on any atom is -1.00 e. The molecule has 0 aliphatic heterocycles. The minimum absolute atomic E-state index is 0. The van der Waals surface area contributed by atoms with Crippen LogP contribution in [0.15, 0.2) is 11.6 Å². The molecule has 0 heterocycles. The summed E-state index contributed by atoms with van der Waals surface area (Å²) in [6, 6.07) is 0. The van der Waals surface area contributed by atoms with Crippen molar-refractivity contribution in [2.75, 3.05) is 6.61 Å². The van der Waals surface area contributed by atoms with Gasteiger partial charge in [-0.1, -0.05) is 116 Å². The molecule has 0 bridgehead atoms. The van der Waals surface area contributed by atoms with Crippen molar-refractivity contribution in [2.45, 2.75) is 186 Å². The Balaban J connectivity index is 0.00000400. The molecule has 4 aliphatic rings. The van der Waals surface area contributed by atoms with E-state index in [0.717, 1.165) is 24.8 Å². The van der Waals surface area contributed by atoms with E-state index < -0.39 is 40.5 Å². The number of carbonyl (C=O) groups excluding carboxylic acids is 3. The normalized spacial score (nSPS) is 34.5. The second-order valence-corrected chi connectivity index (χ2v) is 15.8. The first-order valence-electron chi connectivity index (χ1n) is 19.0. The molecule has 266 valence electrons. The van der Waals surface area contributed by atoms with Gasteiger partial charge >= 0.3 is 29.0 Å². The van der Waals surface area contributed by atoms with Crippen LogP contribution in [0, 0.1) is 22.7 Å². The first-order valence-corrected chi connectivity index (χ1v) is 19.0. The van der Waals surface area contributed by atoms with Crippen molar-refractivity contribution in [2.24, 2.45) is 22.7 Å². The van der Waals surface area contributed by atoms with Gasteiger partial charge in [-0.05, 0) is 56.9 Å². The van der Waals surface area contributed by atoms with E-state index in [2.05, 4.69) is 6.92 Å². The van der Waals surface area contributed by atoms with Crippen molar-refractivity contribution >= 4 is 40.6 Å². The zero-order chi connectivity index (χ0) is 33.4.